The Morgan fingerprint density at radius 1 is 1.12 bits per heavy atom. The highest BCUT2D eigenvalue weighted by Crippen LogP contribution is 2.17. The molecule has 0 unspecified atom stereocenters. The minimum Gasteiger partial charge on any atom is -0.494 e. The highest BCUT2D eigenvalue weighted by molar-refractivity contribution is 5.81. The van der Waals surface area contributed by atoms with E-state index in [9.17, 15) is 4.79 Å². The molecule has 3 N–H and O–H groups in total. The summed E-state index contributed by atoms with van der Waals surface area (Å²) >= 11 is 0. The van der Waals surface area contributed by atoms with E-state index in [4.69, 9.17) is 4.74 Å². The van der Waals surface area contributed by atoms with Crippen LogP contribution >= 0.6 is 0 Å². The number of carbonyl (C=O) groups is 1. The molecule has 1 aromatic rings. The molecule has 0 radical (unpaired) electrons. The maximum absolute atomic E-state index is 12.0. The second kappa shape index (κ2) is 12.2. The van der Waals surface area contributed by atoms with Crippen molar-refractivity contribution in [1.82, 2.24) is 16.0 Å². The van der Waals surface area contributed by atoms with Crippen LogP contribution < -0.4 is 20.7 Å². The number of nitrogens with one attached hydrogen (secondary N) is 3. The third-order valence-electron chi connectivity index (χ3n) is 4.46. The van der Waals surface area contributed by atoms with Crippen molar-refractivity contribution in [3.63, 3.8) is 0 Å². The van der Waals surface area contributed by atoms with E-state index in [1.165, 1.54) is 19.3 Å². The number of hydrogen-bond acceptors (Lipinski definition) is 3. The second-order valence-corrected chi connectivity index (χ2v) is 6.59. The molecule has 0 bridgehead atoms. The molecule has 0 aromatic heterocycles. The van der Waals surface area contributed by atoms with Gasteiger partial charge in [-0.1, -0.05) is 37.5 Å². The van der Waals surface area contributed by atoms with E-state index < -0.39 is 0 Å². The van der Waals surface area contributed by atoms with E-state index in [1.54, 1.807) is 7.05 Å². The molecule has 144 valence electrons. The molecule has 6 nitrogen and oxygen atoms in total. The van der Waals surface area contributed by atoms with Crippen molar-refractivity contribution in [2.24, 2.45) is 4.99 Å². The lowest BCUT2D eigenvalue weighted by Gasteiger charge is -2.22. The molecule has 1 aromatic carbocycles. The average molecular weight is 361 g/mol. The summed E-state index contributed by atoms with van der Waals surface area (Å²) < 4.78 is 5.65. The quantitative estimate of drug-likeness (QED) is 0.359. The molecule has 1 fully saturated rings. The fourth-order valence-electron chi connectivity index (χ4n) is 3.05. The van der Waals surface area contributed by atoms with Gasteiger partial charge in [0.1, 0.15) is 5.75 Å². The molecule has 0 atom stereocenters. The van der Waals surface area contributed by atoms with E-state index in [2.05, 4.69) is 20.9 Å². The van der Waals surface area contributed by atoms with Gasteiger partial charge in [0, 0.05) is 32.6 Å². The van der Waals surface area contributed by atoms with Crippen LogP contribution in [0.25, 0.3) is 0 Å². The summed E-state index contributed by atoms with van der Waals surface area (Å²) in [6.45, 7) is 2.00. The molecule has 2 rings (SSSR count). The third kappa shape index (κ3) is 8.23. The Morgan fingerprint density at radius 2 is 1.85 bits per heavy atom. The van der Waals surface area contributed by atoms with E-state index in [0.29, 0.717) is 25.6 Å². The van der Waals surface area contributed by atoms with Crippen LogP contribution in [-0.4, -0.2) is 44.7 Å². The number of nitrogens with zero attached hydrogens (tertiary/aromatic N) is 1. The SMILES string of the molecule is CN=C(NCCCOc1ccccc1)NCCC(=O)NC1CCCCC1. The molecule has 1 aliphatic carbocycles. The Kier molecular flexibility index (Phi) is 9.40. The molecule has 1 saturated carbocycles. The van der Waals surface area contributed by atoms with Crippen LogP contribution in [0.1, 0.15) is 44.9 Å². The molecule has 0 aliphatic heterocycles. The molecule has 0 spiro atoms. The Bertz CT molecular complexity index is 542. The van der Waals surface area contributed by atoms with Gasteiger partial charge in [0.25, 0.3) is 0 Å². The van der Waals surface area contributed by atoms with Crippen molar-refractivity contribution in [3.05, 3.63) is 30.3 Å². The van der Waals surface area contributed by atoms with Gasteiger partial charge in [-0.15, -0.1) is 0 Å². The van der Waals surface area contributed by atoms with E-state index in [-0.39, 0.29) is 5.91 Å². The summed E-state index contributed by atoms with van der Waals surface area (Å²) in [5.41, 5.74) is 0. The highest BCUT2D eigenvalue weighted by Gasteiger charge is 2.15. The minimum absolute atomic E-state index is 0.121. The predicted molar refractivity (Wildman–Crippen MR) is 106 cm³/mol. The Morgan fingerprint density at radius 3 is 2.58 bits per heavy atom. The maximum Gasteiger partial charge on any atom is 0.221 e. The van der Waals surface area contributed by atoms with Gasteiger partial charge in [-0.2, -0.15) is 0 Å². The van der Waals surface area contributed by atoms with Gasteiger partial charge in [0.05, 0.1) is 6.61 Å². The normalized spacial score (nSPS) is 15.3. The smallest absolute Gasteiger partial charge is 0.221 e. The Hall–Kier alpha value is -2.24. The zero-order valence-electron chi connectivity index (χ0n) is 15.8. The molecule has 1 amide bonds. The first-order chi connectivity index (χ1) is 12.8. The Labute approximate surface area is 156 Å². The lowest BCUT2D eigenvalue weighted by atomic mass is 9.95. The van der Waals surface area contributed by atoms with Gasteiger partial charge in [0.15, 0.2) is 5.96 Å². The fourth-order valence-corrected chi connectivity index (χ4v) is 3.05. The van der Waals surface area contributed by atoms with Crippen LogP contribution in [-0.2, 0) is 4.79 Å². The van der Waals surface area contributed by atoms with Gasteiger partial charge >= 0.3 is 0 Å². The summed E-state index contributed by atoms with van der Waals surface area (Å²) in [7, 11) is 1.73. The molecule has 0 saturated heterocycles. The number of guanidine groups is 1. The van der Waals surface area contributed by atoms with Crippen LogP contribution in [0.3, 0.4) is 0 Å². The summed E-state index contributed by atoms with van der Waals surface area (Å²) in [6, 6.07) is 10.2. The first kappa shape index (κ1) is 20.1. The lowest BCUT2D eigenvalue weighted by Crippen LogP contribution is -2.41. The average Bonchev–Trinajstić information content (AvgIpc) is 2.68. The third-order valence-corrected chi connectivity index (χ3v) is 4.46. The van der Waals surface area contributed by atoms with Gasteiger partial charge in [-0.25, -0.2) is 0 Å². The number of benzene rings is 1. The molecule has 26 heavy (non-hydrogen) atoms. The highest BCUT2D eigenvalue weighted by atomic mass is 16.5. The van der Waals surface area contributed by atoms with Crippen LogP contribution in [0, 0.1) is 0 Å². The summed E-state index contributed by atoms with van der Waals surface area (Å²) in [4.78, 5) is 16.2. The fraction of sp³-hybridized carbons (Fsp3) is 0.600. The van der Waals surface area contributed by atoms with Crippen molar-refractivity contribution in [3.8, 4) is 5.75 Å². The molecule has 6 heteroatoms. The molecule has 1 aliphatic rings. The number of aliphatic imine (C=N–C) groups is 1. The second-order valence-electron chi connectivity index (χ2n) is 6.59. The molecule has 0 heterocycles. The minimum atomic E-state index is 0.121. The predicted octanol–water partition coefficient (Wildman–Crippen LogP) is 2.46. The Balaban J connectivity index is 1.51. The monoisotopic (exact) mass is 360 g/mol. The van der Waals surface area contributed by atoms with Crippen molar-refractivity contribution >= 4 is 11.9 Å². The van der Waals surface area contributed by atoms with Gasteiger partial charge in [-0.05, 0) is 31.4 Å². The number of ether oxygens (including phenoxy) is 1. The molecular weight excluding hydrogens is 328 g/mol. The number of hydrogen-bond donors (Lipinski definition) is 3. The van der Waals surface area contributed by atoms with Crippen molar-refractivity contribution in [2.45, 2.75) is 51.0 Å². The maximum atomic E-state index is 12.0. The van der Waals surface area contributed by atoms with Crippen molar-refractivity contribution in [1.29, 1.82) is 0 Å². The zero-order chi connectivity index (χ0) is 18.5. The summed E-state index contributed by atoms with van der Waals surface area (Å²) in [5.74, 6) is 1.73. The van der Waals surface area contributed by atoms with Gasteiger partial charge in [0.2, 0.25) is 5.91 Å². The van der Waals surface area contributed by atoms with Crippen molar-refractivity contribution < 1.29 is 9.53 Å². The van der Waals surface area contributed by atoms with Crippen LogP contribution in [0.5, 0.6) is 5.75 Å². The number of amides is 1. The van der Waals surface area contributed by atoms with Gasteiger partial charge < -0.3 is 20.7 Å². The van der Waals surface area contributed by atoms with Crippen LogP contribution in [0.15, 0.2) is 35.3 Å². The van der Waals surface area contributed by atoms with E-state index in [0.717, 1.165) is 37.5 Å². The number of rotatable bonds is 9. The lowest BCUT2D eigenvalue weighted by molar-refractivity contribution is -0.121. The van der Waals surface area contributed by atoms with Crippen LogP contribution in [0.2, 0.25) is 0 Å². The standard InChI is InChI=1S/C20H32N4O2/c1-21-20(22-14-8-16-26-18-11-6-3-7-12-18)23-15-13-19(25)24-17-9-4-2-5-10-17/h3,6-7,11-12,17H,2,4-5,8-10,13-16H2,1H3,(H,24,25)(H2,21,22,23). The topological polar surface area (TPSA) is 74.8 Å². The van der Waals surface area contributed by atoms with E-state index >= 15 is 0 Å². The summed E-state index contributed by atoms with van der Waals surface area (Å²) in [5, 5.41) is 9.55. The van der Waals surface area contributed by atoms with Gasteiger partial charge in [-0.3, -0.25) is 9.79 Å². The van der Waals surface area contributed by atoms with Crippen LogP contribution in [0.4, 0.5) is 0 Å². The number of para-hydroxylation sites is 1. The first-order valence-electron chi connectivity index (χ1n) is 9.69. The zero-order valence-corrected chi connectivity index (χ0v) is 15.8. The largest absolute Gasteiger partial charge is 0.494 e. The molecular formula is C20H32N4O2. The van der Waals surface area contributed by atoms with Crippen molar-refractivity contribution in [2.75, 3.05) is 26.7 Å². The first-order valence-corrected chi connectivity index (χ1v) is 9.69. The summed E-state index contributed by atoms with van der Waals surface area (Å²) in [6.07, 6.45) is 7.33. The van der Waals surface area contributed by atoms with E-state index in [1.807, 2.05) is 30.3 Å². The number of carbonyl (C=O) groups excluding carboxylic acids is 1.